The van der Waals surface area contributed by atoms with Gasteiger partial charge in [-0.05, 0) is 24.3 Å². The van der Waals surface area contributed by atoms with E-state index in [1.54, 1.807) is 24.3 Å². The van der Waals surface area contributed by atoms with Crippen LogP contribution in [0.3, 0.4) is 0 Å². The SMILES string of the molecule is COc1cc(N)ccc1C(=O)OCc1ccc(Cl)s1. The van der Waals surface area contributed by atoms with E-state index in [2.05, 4.69) is 0 Å². The Kier molecular flexibility index (Phi) is 4.29. The van der Waals surface area contributed by atoms with Crippen LogP contribution in [0.15, 0.2) is 30.3 Å². The molecule has 2 N–H and O–H groups in total. The van der Waals surface area contributed by atoms with E-state index >= 15 is 0 Å². The second kappa shape index (κ2) is 5.95. The van der Waals surface area contributed by atoms with Crippen molar-refractivity contribution in [3.63, 3.8) is 0 Å². The molecule has 4 nitrogen and oxygen atoms in total. The lowest BCUT2D eigenvalue weighted by Gasteiger charge is -2.08. The third-order valence-electron chi connectivity index (χ3n) is 2.42. The summed E-state index contributed by atoms with van der Waals surface area (Å²) in [5, 5.41) is 0. The van der Waals surface area contributed by atoms with Crippen LogP contribution in [0.4, 0.5) is 5.69 Å². The minimum Gasteiger partial charge on any atom is -0.496 e. The maximum absolute atomic E-state index is 11.9. The van der Waals surface area contributed by atoms with Crippen molar-refractivity contribution >= 4 is 34.6 Å². The van der Waals surface area contributed by atoms with Gasteiger partial charge in [-0.2, -0.15) is 0 Å². The number of hydrogen-bond acceptors (Lipinski definition) is 5. The minimum atomic E-state index is -0.457. The van der Waals surface area contributed by atoms with Crippen molar-refractivity contribution in [2.45, 2.75) is 6.61 Å². The topological polar surface area (TPSA) is 61.5 Å². The maximum Gasteiger partial charge on any atom is 0.342 e. The Labute approximate surface area is 119 Å². The molecule has 0 atom stereocenters. The van der Waals surface area contributed by atoms with Gasteiger partial charge < -0.3 is 15.2 Å². The summed E-state index contributed by atoms with van der Waals surface area (Å²) in [4.78, 5) is 12.8. The van der Waals surface area contributed by atoms with E-state index in [9.17, 15) is 4.79 Å². The number of carbonyl (C=O) groups is 1. The molecule has 0 aliphatic rings. The summed E-state index contributed by atoms with van der Waals surface area (Å²) in [7, 11) is 1.48. The van der Waals surface area contributed by atoms with E-state index in [1.165, 1.54) is 18.4 Å². The van der Waals surface area contributed by atoms with E-state index < -0.39 is 5.97 Å². The van der Waals surface area contributed by atoms with Gasteiger partial charge in [0.1, 0.15) is 17.9 Å². The fourth-order valence-electron chi connectivity index (χ4n) is 1.52. The zero-order valence-electron chi connectivity index (χ0n) is 10.2. The largest absolute Gasteiger partial charge is 0.496 e. The van der Waals surface area contributed by atoms with Gasteiger partial charge in [-0.3, -0.25) is 0 Å². The monoisotopic (exact) mass is 297 g/mol. The zero-order chi connectivity index (χ0) is 13.8. The lowest BCUT2D eigenvalue weighted by atomic mass is 10.2. The van der Waals surface area contributed by atoms with Crippen LogP contribution in [-0.4, -0.2) is 13.1 Å². The van der Waals surface area contributed by atoms with Crippen LogP contribution in [-0.2, 0) is 11.3 Å². The molecule has 2 rings (SSSR count). The average molecular weight is 298 g/mol. The third kappa shape index (κ3) is 3.39. The normalized spacial score (nSPS) is 10.2. The van der Waals surface area contributed by atoms with E-state index in [-0.39, 0.29) is 6.61 Å². The van der Waals surface area contributed by atoms with Gasteiger partial charge in [-0.25, -0.2) is 4.79 Å². The molecular weight excluding hydrogens is 286 g/mol. The molecule has 0 aliphatic heterocycles. The Morgan fingerprint density at radius 2 is 2.16 bits per heavy atom. The molecule has 0 saturated heterocycles. The maximum atomic E-state index is 11.9. The minimum absolute atomic E-state index is 0.184. The molecule has 2 aromatic rings. The number of benzene rings is 1. The predicted octanol–water partition coefficient (Wildman–Crippen LogP) is 3.35. The highest BCUT2D eigenvalue weighted by Crippen LogP contribution is 2.25. The van der Waals surface area contributed by atoms with E-state index in [0.717, 1.165) is 4.88 Å². The molecule has 0 radical (unpaired) electrons. The number of carbonyl (C=O) groups excluding carboxylic acids is 1. The number of methoxy groups -OCH3 is 1. The first-order valence-electron chi connectivity index (χ1n) is 5.45. The number of rotatable bonds is 4. The Balaban J connectivity index is 2.07. The lowest BCUT2D eigenvalue weighted by Crippen LogP contribution is -2.07. The molecule has 1 aromatic carbocycles. The first-order chi connectivity index (χ1) is 9.10. The summed E-state index contributed by atoms with van der Waals surface area (Å²) in [6, 6.07) is 8.37. The number of nitrogen functional groups attached to an aromatic ring is 1. The summed E-state index contributed by atoms with van der Waals surface area (Å²) in [6.07, 6.45) is 0. The van der Waals surface area contributed by atoms with E-state index in [1.807, 2.05) is 6.07 Å². The van der Waals surface area contributed by atoms with Crippen LogP contribution in [0.1, 0.15) is 15.2 Å². The van der Waals surface area contributed by atoms with Gasteiger partial charge in [0, 0.05) is 16.6 Å². The fraction of sp³-hybridized carbons (Fsp3) is 0.154. The standard InChI is InChI=1S/C13H12ClNO3S/c1-17-11-6-8(15)2-4-10(11)13(16)18-7-9-3-5-12(14)19-9/h2-6H,7,15H2,1H3. The van der Waals surface area contributed by atoms with Crippen LogP contribution in [0.2, 0.25) is 4.34 Å². The molecule has 0 bridgehead atoms. The molecule has 0 unspecified atom stereocenters. The summed E-state index contributed by atoms with van der Waals surface area (Å²) < 4.78 is 11.0. The quantitative estimate of drug-likeness (QED) is 0.694. The van der Waals surface area contributed by atoms with Crippen LogP contribution in [0.5, 0.6) is 5.75 Å². The lowest BCUT2D eigenvalue weighted by molar-refractivity contribution is 0.0473. The molecule has 0 aliphatic carbocycles. The highest BCUT2D eigenvalue weighted by molar-refractivity contribution is 7.16. The van der Waals surface area contributed by atoms with Crippen molar-refractivity contribution < 1.29 is 14.3 Å². The smallest absolute Gasteiger partial charge is 0.342 e. The van der Waals surface area contributed by atoms with Crippen LogP contribution >= 0.6 is 22.9 Å². The van der Waals surface area contributed by atoms with Gasteiger partial charge in [0.2, 0.25) is 0 Å². The van der Waals surface area contributed by atoms with Crippen molar-refractivity contribution in [2.75, 3.05) is 12.8 Å². The summed E-state index contributed by atoms with van der Waals surface area (Å²) in [5.41, 5.74) is 6.50. The number of anilines is 1. The van der Waals surface area contributed by atoms with Crippen molar-refractivity contribution in [3.8, 4) is 5.75 Å². The van der Waals surface area contributed by atoms with Gasteiger partial charge in [0.05, 0.1) is 11.4 Å². The van der Waals surface area contributed by atoms with Crippen molar-refractivity contribution in [2.24, 2.45) is 0 Å². The Morgan fingerprint density at radius 1 is 1.37 bits per heavy atom. The molecule has 19 heavy (non-hydrogen) atoms. The van der Waals surface area contributed by atoms with Crippen molar-refractivity contribution in [1.29, 1.82) is 0 Å². The number of halogens is 1. The molecule has 6 heteroatoms. The highest BCUT2D eigenvalue weighted by Gasteiger charge is 2.14. The molecule has 0 spiro atoms. The summed E-state index contributed by atoms with van der Waals surface area (Å²) in [6.45, 7) is 0.184. The Bertz CT molecular complexity index is 597. The fourth-order valence-corrected chi connectivity index (χ4v) is 2.52. The molecule has 0 saturated carbocycles. The van der Waals surface area contributed by atoms with Crippen LogP contribution in [0, 0.1) is 0 Å². The number of hydrogen-bond donors (Lipinski definition) is 1. The van der Waals surface area contributed by atoms with Gasteiger partial charge in [-0.1, -0.05) is 11.6 Å². The number of ether oxygens (including phenoxy) is 2. The first kappa shape index (κ1) is 13.7. The average Bonchev–Trinajstić information content (AvgIpc) is 2.81. The Hall–Kier alpha value is -1.72. The molecule has 1 heterocycles. The number of thiophene rings is 1. The number of nitrogens with two attached hydrogens (primary N) is 1. The second-order valence-corrected chi connectivity index (χ2v) is 5.54. The van der Waals surface area contributed by atoms with E-state index in [4.69, 9.17) is 26.8 Å². The van der Waals surface area contributed by atoms with Gasteiger partial charge in [0.15, 0.2) is 0 Å². The molecular formula is C13H12ClNO3S. The van der Waals surface area contributed by atoms with Crippen LogP contribution in [0.25, 0.3) is 0 Å². The molecule has 0 amide bonds. The number of esters is 1. The van der Waals surface area contributed by atoms with Crippen LogP contribution < -0.4 is 10.5 Å². The highest BCUT2D eigenvalue weighted by atomic mass is 35.5. The predicted molar refractivity (Wildman–Crippen MR) is 75.9 cm³/mol. The van der Waals surface area contributed by atoms with Crippen molar-refractivity contribution in [3.05, 3.63) is 45.1 Å². The summed E-state index contributed by atoms with van der Waals surface area (Å²) >= 11 is 7.18. The van der Waals surface area contributed by atoms with Crippen molar-refractivity contribution in [1.82, 2.24) is 0 Å². The zero-order valence-corrected chi connectivity index (χ0v) is 11.8. The van der Waals surface area contributed by atoms with E-state index in [0.29, 0.717) is 21.3 Å². The molecule has 1 aromatic heterocycles. The molecule has 0 fully saturated rings. The first-order valence-corrected chi connectivity index (χ1v) is 6.64. The van der Waals surface area contributed by atoms with Gasteiger partial charge in [0.25, 0.3) is 0 Å². The Morgan fingerprint density at radius 3 is 2.79 bits per heavy atom. The summed E-state index contributed by atoms with van der Waals surface area (Å²) in [5.74, 6) is -0.0596. The van der Waals surface area contributed by atoms with Gasteiger partial charge in [-0.15, -0.1) is 11.3 Å². The molecule has 100 valence electrons. The van der Waals surface area contributed by atoms with Gasteiger partial charge >= 0.3 is 5.97 Å². The third-order valence-corrected chi connectivity index (χ3v) is 3.62. The second-order valence-electron chi connectivity index (χ2n) is 3.74.